The van der Waals surface area contributed by atoms with Crippen LogP contribution in [0, 0.1) is 5.92 Å². The zero-order valence-electron chi connectivity index (χ0n) is 12.6. The fraction of sp³-hybridized carbons (Fsp3) is 0.467. The summed E-state index contributed by atoms with van der Waals surface area (Å²) < 4.78 is 10.0. The number of nitrogen functional groups attached to an aromatic ring is 1. The van der Waals surface area contributed by atoms with Gasteiger partial charge in [-0.15, -0.1) is 0 Å². The van der Waals surface area contributed by atoms with Gasteiger partial charge < -0.3 is 20.5 Å². The van der Waals surface area contributed by atoms with Crippen molar-refractivity contribution in [3.63, 3.8) is 0 Å². The van der Waals surface area contributed by atoms with Gasteiger partial charge in [-0.1, -0.05) is 26.0 Å². The first-order valence-corrected chi connectivity index (χ1v) is 6.78. The Morgan fingerprint density at radius 1 is 1.29 bits per heavy atom. The predicted octanol–water partition coefficient (Wildman–Crippen LogP) is 1.35. The van der Waals surface area contributed by atoms with Crippen molar-refractivity contribution in [2.75, 3.05) is 19.5 Å². The standard InChI is InChI=1S/C15H22N2O4/c1-10(2)8-12(15(19)20-3)17-14(18)9-21-13-7-5-4-6-11(13)16/h4-7,10,12H,8-9,16H2,1-3H3,(H,17,18). The van der Waals surface area contributed by atoms with Gasteiger partial charge in [-0.3, -0.25) is 4.79 Å². The lowest BCUT2D eigenvalue weighted by Gasteiger charge is -2.18. The molecule has 0 radical (unpaired) electrons. The quantitative estimate of drug-likeness (QED) is 0.585. The minimum absolute atomic E-state index is 0.209. The number of rotatable bonds is 7. The Bertz CT molecular complexity index is 488. The zero-order chi connectivity index (χ0) is 15.8. The summed E-state index contributed by atoms with van der Waals surface area (Å²) in [4.78, 5) is 23.5. The summed E-state index contributed by atoms with van der Waals surface area (Å²) in [5, 5.41) is 2.61. The van der Waals surface area contributed by atoms with Crippen LogP contribution in [0.25, 0.3) is 0 Å². The Morgan fingerprint density at radius 3 is 2.52 bits per heavy atom. The Kier molecular flexibility index (Phi) is 6.52. The van der Waals surface area contributed by atoms with Gasteiger partial charge in [0.2, 0.25) is 0 Å². The molecule has 1 rings (SSSR count). The molecule has 3 N–H and O–H groups in total. The van der Waals surface area contributed by atoms with E-state index in [0.717, 1.165) is 0 Å². The second-order valence-electron chi connectivity index (χ2n) is 5.10. The molecule has 1 aromatic carbocycles. The molecule has 1 amide bonds. The van der Waals surface area contributed by atoms with E-state index in [1.165, 1.54) is 7.11 Å². The smallest absolute Gasteiger partial charge is 0.328 e. The molecule has 0 saturated carbocycles. The van der Waals surface area contributed by atoms with E-state index in [-0.39, 0.29) is 12.5 Å². The highest BCUT2D eigenvalue weighted by Crippen LogP contribution is 2.19. The van der Waals surface area contributed by atoms with E-state index >= 15 is 0 Å². The number of nitrogens with one attached hydrogen (secondary N) is 1. The average Bonchev–Trinajstić information content (AvgIpc) is 2.44. The van der Waals surface area contributed by atoms with E-state index in [2.05, 4.69) is 10.1 Å². The van der Waals surface area contributed by atoms with Gasteiger partial charge in [0.15, 0.2) is 6.61 Å². The van der Waals surface area contributed by atoms with Crippen LogP contribution in [0.2, 0.25) is 0 Å². The number of benzene rings is 1. The van der Waals surface area contributed by atoms with Crippen molar-refractivity contribution in [2.24, 2.45) is 5.92 Å². The maximum Gasteiger partial charge on any atom is 0.328 e. The molecule has 0 aliphatic rings. The highest BCUT2D eigenvalue weighted by Gasteiger charge is 2.22. The molecule has 0 spiro atoms. The number of amides is 1. The van der Waals surface area contributed by atoms with Gasteiger partial charge in [-0.2, -0.15) is 0 Å². The molecule has 21 heavy (non-hydrogen) atoms. The first-order chi connectivity index (χ1) is 9.93. The summed E-state index contributed by atoms with van der Waals surface area (Å²) >= 11 is 0. The van der Waals surface area contributed by atoms with Gasteiger partial charge in [0.1, 0.15) is 11.8 Å². The summed E-state index contributed by atoms with van der Waals surface area (Å²) in [6, 6.07) is 6.23. The fourth-order valence-electron chi connectivity index (χ4n) is 1.82. The average molecular weight is 294 g/mol. The molecule has 1 atom stereocenters. The highest BCUT2D eigenvalue weighted by atomic mass is 16.5. The van der Waals surface area contributed by atoms with Gasteiger partial charge in [0.05, 0.1) is 12.8 Å². The number of methoxy groups -OCH3 is 1. The van der Waals surface area contributed by atoms with Crippen LogP contribution in [0.15, 0.2) is 24.3 Å². The number of para-hydroxylation sites is 2. The number of anilines is 1. The van der Waals surface area contributed by atoms with Crippen LogP contribution in [0.4, 0.5) is 5.69 Å². The topological polar surface area (TPSA) is 90.6 Å². The normalized spacial score (nSPS) is 11.8. The van der Waals surface area contributed by atoms with Gasteiger partial charge in [0, 0.05) is 0 Å². The molecule has 6 nitrogen and oxygen atoms in total. The van der Waals surface area contributed by atoms with Crippen molar-refractivity contribution in [3.8, 4) is 5.75 Å². The molecular formula is C15H22N2O4. The molecule has 1 aromatic rings. The predicted molar refractivity (Wildman–Crippen MR) is 79.8 cm³/mol. The number of ether oxygens (including phenoxy) is 2. The number of carbonyl (C=O) groups excluding carboxylic acids is 2. The summed E-state index contributed by atoms with van der Waals surface area (Å²) in [6.07, 6.45) is 0.506. The van der Waals surface area contributed by atoms with Crippen molar-refractivity contribution in [1.82, 2.24) is 5.32 Å². The van der Waals surface area contributed by atoms with Gasteiger partial charge in [-0.05, 0) is 24.5 Å². The Morgan fingerprint density at radius 2 is 1.95 bits per heavy atom. The monoisotopic (exact) mass is 294 g/mol. The first-order valence-electron chi connectivity index (χ1n) is 6.78. The van der Waals surface area contributed by atoms with Crippen molar-refractivity contribution < 1.29 is 19.1 Å². The maximum atomic E-state index is 11.9. The summed E-state index contributed by atoms with van der Waals surface area (Å²) in [7, 11) is 1.29. The van der Waals surface area contributed by atoms with Gasteiger partial charge in [0.25, 0.3) is 5.91 Å². The van der Waals surface area contributed by atoms with Crippen molar-refractivity contribution >= 4 is 17.6 Å². The number of hydrogen-bond acceptors (Lipinski definition) is 5. The van der Waals surface area contributed by atoms with E-state index in [1.54, 1.807) is 24.3 Å². The van der Waals surface area contributed by atoms with E-state index in [4.69, 9.17) is 10.5 Å². The van der Waals surface area contributed by atoms with Crippen molar-refractivity contribution in [3.05, 3.63) is 24.3 Å². The summed E-state index contributed by atoms with van der Waals surface area (Å²) in [5.74, 6) is -0.170. The van der Waals surface area contributed by atoms with Gasteiger partial charge >= 0.3 is 5.97 Å². The first kappa shape index (κ1) is 16.8. The van der Waals surface area contributed by atoms with Crippen LogP contribution in [0.5, 0.6) is 5.75 Å². The lowest BCUT2D eigenvalue weighted by Crippen LogP contribution is -2.44. The lowest BCUT2D eigenvalue weighted by atomic mass is 10.0. The molecule has 0 heterocycles. The Labute approximate surface area is 124 Å². The Balaban J connectivity index is 2.54. The molecule has 116 valence electrons. The van der Waals surface area contributed by atoms with Crippen LogP contribution < -0.4 is 15.8 Å². The number of carbonyl (C=O) groups is 2. The summed E-state index contributed by atoms with van der Waals surface area (Å²) in [5.41, 5.74) is 6.17. The van der Waals surface area contributed by atoms with E-state index in [9.17, 15) is 9.59 Å². The molecule has 6 heteroatoms. The van der Waals surface area contributed by atoms with Crippen LogP contribution in [0.1, 0.15) is 20.3 Å². The third kappa shape index (κ3) is 5.72. The third-order valence-electron chi connectivity index (χ3n) is 2.81. The van der Waals surface area contributed by atoms with E-state index < -0.39 is 17.9 Å². The zero-order valence-corrected chi connectivity index (χ0v) is 12.6. The van der Waals surface area contributed by atoms with Crippen LogP contribution in [-0.4, -0.2) is 31.6 Å². The van der Waals surface area contributed by atoms with Gasteiger partial charge in [-0.25, -0.2) is 4.79 Å². The maximum absolute atomic E-state index is 11.9. The highest BCUT2D eigenvalue weighted by molar-refractivity contribution is 5.85. The SMILES string of the molecule is COC(=O)C(CC(C)C)NC(=O)COc1ccccc1N. The third-order valence-corrected chi connectivity index (χ3v) is 2.81. The second kappa shape index (κ2) is 8.14. The Hall–Kier alpha value is -2.24. The molecular weight excluding hydrogens is 272 g/mol. The molecule has 0 saturated heterocycles. The largest absolute Gasteiger partial charge is 0.482 e. The minimum atomic E-state index is -0.667. The molecule has 0 bridgehead atoms. The minimum Gasteiger partial charge on any atom is -0.482 e. The molecule has 1 unspecified atom stereocenters. The lowest BCUT2D eigenvalue weighted by molar-refractivity contribution is -0.145. The fourth-order valence-corrected chi connectivity index (χ4v) is 1.82. The number of nitrogens with two attached hydrogens (primary N) is 1. The van der Waals surface area contributed by atoms with Crippen molar-refractivity contribution in [1.29, 1.82) is 0 Å². The van der Waals surface area contributed by atoms with Crippen molar-refractivity contribution in [2.45, 2.75) is 26.3 Å². The van der Waals surface area contributed by atoms with Crippen LogP contribution >= 0.6 is 0 Å². The molecule has 0 aliphatic heterocycles. The number of esters is 1. The van der Waals surface area contributed by atoms with Crippen LogP contribution in [-0.2, 0) is 14.3 Å². The summed E-state index contributed by atoms with van der Waals surface area (Å²) in [6.45, 7) is 3.71. The molecule has 0 aliphatic carbocycles. The van der Waals surface area contributed by atoms with E-state index in [0.29, 0.717) is 17.9 Å². The number of hydrogen-bond donors (Lipinski definition) is 2. The molecule has 0 aromatic heterocycles. The molecule has 0 fully saturated rings. The van der Waals surface area contributed by atoms with Crippen LogP contribution in [0.3, 0.4) is 0 Å². The second-order valence-corrected chi connectivity index (χ2v) is 5.10. The van der Waals surface area contributed by atoms with E-state index in [1.807, 2.05) is 13.8 Å².